The molecule has 0 saturated carbocycles. The van der Waals surface area contributed by atoms with Gasteiger partial charge >= 0.3 is 5.69 Å². The van der Waals surface area contributed by atoms with E-state index in [9.17, 15) is 18.0 Å². The number of rotatable bonds is 13. The monoisotopic (exact) mass is 504 g/mol. The van der Waals surface area contributed by atoms with Gasteiger partial charge in [-0.3, -0.25) is 13.9 Å². The molecule has 0 spiro atoms. The number of benzene rings is 1. The minimum atomic E-state index is -3.63. The zero-order valence-electron chi connectivity index (χ0n) is 21.0. The molecule has 0 unspecified atom stereocenters. The van der Waals surface area contributed by atoms with E-state index in [0.717, 1.165) is 32.5 Å². The van der Waals surface area contributed by atoms with Gasteiger partial charge in [0, 0.05) is 25.2 Å². The van der Waals surface area contributed by atoms with E-state index in [1.54, 1.807) is 12.1 Å². The van der Waals surface area contributed by atoms with Crippen LogP contribution >= 0.6 is 0 Å². The zero-order valence-corrected chi connectivity index (χ0v) is 21.8. The fourth-order valence-electron chi connectivity index (χ4n) is 4.07. The molecule has 35 heavy (non-hydrogen) atoms. The van der Waals surface area contributed by atoms with Gasteiger partial charge in [0.1, 0.15) is 11.3 Å². The third kappa shape index (κ3) is 5.91. The number of nitrogens with zero attached hydrogens (tertiary/aromatic N) is 4. The SMILES string of the molecule is CCCn1c(=O)c2[nH]c(-c3ccc(S(=O)(=O)NCCCN(CC)CC)cc3)nc2n(CCC)c1=O. The number of sulfonamides is 1. The number of imidazole rings is 1. The molecule has 11 heteroatoms. The lowest BCUT2D eigenvalue weighted by atomic mass is 10.2. The van der Waals surface area contributed by atoms with Crippen molar-refractivity contribution in [1.82, 2.24) is 28.7 Å². The summed E-state index contributed by atoms with van der Waals surface area (Å²) in [5.41, 5.74) is 0.450. The summed E-state index contributed by atoms with van der Waals surface area (Å²) < 4.78 is 30.8. The van der Waals surface area contributed by atoms with Crippen LogP contribution < -0.4 is 16.0 Å². The van der Waals surface area contributed by atoms with Gasteiger partial charge in [-0.25, -0.2) is 22.9 Å². The van der Waals surface area contributed by atoms with Gasteiger partial charge in [-0.05, 0) is 63.2 Å². The molecule has 0 atom stereocenters. The molecule has 2 heterocycles. The van der Waals surface area contributed by atoms with Crippen molar-refractivity contribution >= 4 is 21.2 Å². The van der Waals surface area contributed by atoms with Crippen molar-refractivity contribution in [1.29, 1.82) is 0 Å². The van der Waals surface area contributed by atoms with Crippen LogP contribution in [0.4, 0.5) is 0 Å². The first-order valence-corrected chi connectivity index (χ1v) is 13.8. The normalized spacial score (nSPS) is 12.1. The molecule has 0 aliphatic heterocycles. The summed E-state index contributed by atoms with van der Waals surface area (Å²) in [4.78, 5) is 35.8. The predicted octanol–water partition coefficient (Wildman–Crippen LogP) is 2.38. The number of hydrogen-bond donors (Lipinski definition) is 2. The highest BCUT2D eigenvalue weighted by Crippen LogP contribution is 2.21. The summed E-state index contributed by atoms with van der Waals surface area (Å²) >= 11 is 0. The fraction of sp³-hybridized carbons (Fsp3) is 0.542. The van der Waals surface area contributed by atoms with E-state index in [1.165, 1.54) is 21.3 Å². The summed E-state index contributed by atoms with van der Waals surface area (Å²) in [6.07, 6.45) is 2.11. The first-order valence-electron chi connectivity index (χ1n) is 12.3. The highest BCUT2D eigenvalue weighted by molar-refractivity contribution is 7.89. The van der Waals surface area contributed by atoms with Gasteiger partial charge < -0.3 is 9.88 Å². The number of hydrogen-bond acceptors (Lipinski definition) is 6. The van der Waals surface area contributed by atoms with E-state index >= 15 is 0 Å². The van der Waals surface area contributed by atoms with Gasteiger partial charge in [0.25, 0.3) is 5.56 Å². The molecule has 3 aromatic rings. The average Bonchev–Trinajstić information content (AvgIpc) is 3.30. The Labute approximate surface area is 206 Å². The predicted molar refractivity (Wildman–Crippen MR) is 138 cm³/mol. The molecule has 0 radical (unpaired) electrons. The molecule has 3 rings (SSSR count). The van der Waals surface area contributed by atoms with Crippen LogP contribution in [0.1, 0.15) is 47.0 Å². The van der Waals surface area contributed by atoms with Crippen molar-refractivity contribution in [3.63, 3.8) is 0 Å². The van der Waals surface area contributed by atoms with Crippen molar-refractivity contribution in [2.24, 2.45) is 0 Å². The Morgan fingerprint density at radius 1 is 0.971 bits per heavy atom. The average molecular weight is 505 g/mol. The molecule has 2 N–H and O–H groups in total. The van der Waals surface area contributed by atoms with Crippen LogP contribution in [0.15, 0.2) is 38.8 Å². The lowest BCUT2D eigenvalue weighted by molar-refractivity contribution is 0.300. The first kappa shape index (κ1) is 26.8. The van der Waals surface area contributed by atoms with Gasteiger partial charge in [-0.1, -0.05) is 27.7 Å². The Balaban J connectivity index is 1.86. The van der Waals surface area contributed by atoms with Gasteiger partial charge in [0.2, 0.25) is 10.0 Å². The van der Waals surface area contributed by atoms with Crippen LogP contribution in [0.25, 0.3) is 22.6 Å². The molecule has 0 bridgehead atoms. The third-order valence-corrected chi connectivity index (χ3v) is 7.51. The Bertz CT molecular complexity index is 1350. The molecule has 0 aliphatic rings. The lowest BCUT2D eigenvalue weighted by Gasteiger charge is -2.17. The highest BCUT2D eigenvalue weighted by Gasteiger charge is 2.18. The summed E-state index contributed by atoms with van der Waals surface area (Å²) in [7, 11) is -3.63. The van der Waals surface area contributed by atoms with Gasteiger partial charge in [-0.2, -0.15) is 0 Å². The van der Waals surface area contributed by atoms with E-state index in [1.807, 2.05) is 13.8 Å². The van der Waals surface area contributed by atoms with Crippen molar-refractivity contribution in [3.05, 3.63) is 45.1 Å². The Morgan fingerprint density at radius 3 is 2.20 bits per heavy atom. The zero-order chi connectivity index (χ0) is 25.6. The molecule has 0 fully saturated rings. The highest BCUT2D eigenvalue weighted by atomic mass is 32.2. The van der Waals surface area contributed by atoms with Gasteiger partial charge in [0.15, 0.2) is 5.65 Å². The van der Waals surface area contributed by atoms with Crippen LogP contribution in [0.3, 0.4) is 0 Å². The molecule has 192 valence electrons. The van der Waals surface area contributed by atoms with Crippen molar-refractivity contribution in [2.45, 2.75) is 64.9 Å². The number of fused-ring (bicyclic) bond motifs is 1. The Morgan fingerprint density at radius 2 is 1.60 bits per heavy atom. The Kier molecular flexibility index (Phi) is 9.03. The number of H-pyrrole nitrogens is 1. The second-order valence-corrected chi connectivity index (χ2v) is 10.2. The third-order valence-electron chi connectivity index (χ3n) is 6.03. The van der Waals surface area contributed by atoms with E-state index in [4.69, 9.17) is 0 Å². The van der Waals surface area contributed by atoms with E-state index in [2.05, 4.69) is 33.4 Å². The molecular weight excluding hydrogens is 468 g/mol. The minimum absolute atomic E-state index is 0.161. The number of nitrogens with one attached hydrogen (secondary N) is 2. The maximum Gasteiger partial charge on any atom is 0.332 e. The molecular formula is C24H36N6O4S. The fourth-order valence-corrected chi connectivity index (χ4v) is 5.15. The van der Waals surface area contributed by atoms with E-state index < -0.39 is 15.6 Å². The van der Waals surface area contributed by atoms with Crippen molar-refractivity contribution in [2.75, 3.05) is 26.2 Å². The largest absolute Gasteiger partial charge is 0.332 e. The minimum Gasteiger partial charge on any atom is -0.332 e. The molecule has 0 amide bonds. The van der Waals surface area contributed by atoms with E-state index in [-0.39, 0.29) is 16.1 Å². The van der Waals surface area contributed by atoms with Crippen molar-refractivity contribution in [3.8, 4) is 11.4 Å². The van der Waals surface area contributed by atoms with Crippen LogP contribution in [0.2, 0.25) is 0 Å². The summed E-state index contributed by atoms with van der Waals surface area (Å²) in [5.74, 6) is 0.409. The molecule has 1 aromatic carbocycles. The van der Waals surface area contributed by atoms with Gasteiger partial charge in [-0.15, -0.1) is 0 Å². The number of aryl methyl sites for hydroxylation is 1. The van der Waals surface area contributed by atoms with Crippen molar-refractivity contribution < 1.29 is 8.42 Å². The second-order valence-electron chi connectivity index (χ2n) is 8.48. The van der Waals surface area contributed by atoms with E-state index in [0.29, 0.717) is 43.1 Å². The van der Waals surface area contributed by atoms with Crippen LogP contribution in [0.5, 0.6) is 0 Å². The standard InChI is InChI=1S/C24H36N6O4S/c1-5-15-29-22-20(23(31)30(16-6-2)24(29)32)26-21(27-22)18-10-12-19(13-11-18)35(33,34)25-14-9-17-28(7-3)8-4/h10-13,25H,5-9,14-17H2,1-4H3,(H,26,27). The molecule has 2 aromatic heterocycles. The molecule has 0 saturated heterocycles. The quantitative estimate of drug-likeness (QED) is 0.345. The van der Waals surface area contributed by atoms with Gasteiger partial charge in [0.05, 0.1) is 4.90 Å². The summed E-state index contributed by atoms with van der Waals surface area (Å²) in [6.45, 7) is 11.9. The molecule has 0 aliphatic carbocycles. The second kappa shape index (κ2) is 11.8. The number of aromatic nitrogens is 4. The Hall–Kier alpha value is -2.76. The lowest BCUT2D eigenvalue weighted by Crippen LogP contribution is -2.40. The summed E-state index contributed by atoms with van der Waals surface area (Å²) in [5, 5.41) is 0. The van der Waals surface area contributed by atoms with Crippen LogP contribution in [0, 0.1) is 0 Å². The van der Waals surface area contributed by atoms with Crippen LogP contribution in [-0.4, -0.2) is 58.6 Å². The maximum atomic E-state index is 12.9. The summed E-state index contributed by atoms with van der Waals surface area (Å²) in [6, 6.07) is 6.33. The number of aromatic amines is 1. The smallest absolute Gasteiger partial charge is 0.332 e. The van der Waals surface area contributed by atoms with Crippen LogP contribution in [-0.2, 0) is 23.1 Å². The maximum absolute atomic E-state index is 12.9. The first-order chi connectivity index (χ1) is 16.8. The molecule has 10 nitrogen and oxygen atoms in total. The topological polar surface area (TPSA) is 122 Å².